The van der Waals surface area contributed by atoms with Crippen molar-refractivity contribution in [2.45, 2.75) is 24.8 Å². The van der Waals surface area contributed by atoms with Crippen LogP contribution in [0.1, 0.15) is 28.4 Å². The Morgan fingerprint density at radius 2 is 1.64 bits per heavy atom. The van der Waals surface area contributed by atoms with Crippen molar-refractivity contribution in [2.24, 2.45) is 4.99 Å². The number of nitrogens with one attached hydrogen (secondary N) is 4. The summed E-state index contributed by atoms with van der Waals surface area (Å²) in [6.45, 7) is 0.958. The zero-order valence-corrected chi connectivity index (χ0v) is 25.1. The van der Waals surface area contributed by atoms with Crippen LogP contribution in [-0.2, 0) is 19.2 Å². The monoisotopic (exact) mass is 780 g/mol. The maximum Gasteiger partial charge on any atom is 0.458 e. The van der Waals surface area contributed by atoms with Crippen LogP contribution in [0.5, 0.6) is 5.75 Å². The van der Waals surface area contributed by atoms with Gasteiger partial charge in [-0.05, 0) is 40.8 Å². The fourth-order valence-electron chi connectivity index (χ4n) is 3.28. The van der Waals surface area contributed by atoms with E-state index >= 15 is 0 Å². The molecule has 45 heavy (non-hydrogen) atoms. The number of aromatic hydroxyl groups is 1. The van der Waals surface area contributed by atoms with Gasteiger partial charge in [0.05, 0.1) is 46.6 Å². The van der Waals surface area contributed by atoms with Gasteiger partial charge in [-0.2, -0.15) is 26.3 Å². The lowest BCUT2D eigenvalue weighted by Gasteiger charge is -2.20. The zero-order valence-electron chi connectivity index (χ0n) is 22.1. The van der Waals surface area contributed by atoms with E-state index in [0.717, 1.165) is 6.54 Å². The molecule has 21 heteroatoms. The highest BCUT2D eigenvalue weighted by molar-refractivity contribution is 14.1. The first-order valence-electron chi connectivity index (χ1n) is 12.0. The molecule has 1 aromatic carbocycles. The Morgan fingerprint density at radius 3 is 2.18 bits per heavy atom. The van der Waals surface area contributed by atoms with Gasteiger partial charge in [0, 0.05) is 23.3 Å². The van der Waals surface area contributed by atoms with E-state index in [4.69, 9.17) is 11.6 Å². The minimum Gasteiger partial charge on any atom is -0.506 e. The average molecular weight is 781 g/mol. The second-order valence-electron chi connectivity index (χ2n) is 8.62. The minimum atomic E-state index is -5.77. The molecule has 0 spiro atoms. The number of aromatic nitrogens is 1. The molecule has 1 aliphatic heterocycles. The molecule has 0 aliphatic carbocycles. The Balaban J connectivity index is 0.000000498. The number of rotatable bonds is 9. The summed E-state index contributed by atoms with van der Waals surface area (Å²) in [5.41, 5.74) is 0.934. The topological polar surface area (TPSA) is 199 Å². The van der Waals surface area contributed by atoms with Gasteiger partial charge in [-0.3, -0.25) is 33.9 Å². The summed E-state index contributed by atoms with van der Waals surface area (Å²) in [5, 5.41) is 30.8. The summed E-state index contributed by atoms with van der Waals surface area (Å²) in [5.74, 6) is -8.78. The van der Waals surface area contributed by atoms with Gasteiger partial charge in [0.2, 0.25) is 5.91 Å². The molecule has 2 heterocycles. The number of carboxylic acids is 1. The highest BCUT2D eigenvalue weighted by Gasteiger charge is 2.54. The van der Waals surface area contributed by atoms with Crippen molar-refractivity contribution in [3.63, 3.8) is 0 Å². The van der Waals surface area contributed by atoms with E-state index in [1.54, 1.807) is 6.07 Å². The fraction of sp³-hybridized carbons (Fsp3) is 0.292. The normalized spacial score (nSPS) is 13.3. The van der Waals surface area contributed by atoms with Crippen LogP contribution >= 0.6 is 34.2 Å². The summed E-state index contributed by atoms with van der Waals surface area (Å²) in [4.78, 5) is 63.6. The first-order valence-corrected chi connectivity index (χ1v) is 13.5. The van der Waals surface area contributed by atoms with Gasteiger partial charge in [0.25, 0.3) is 5.91 Å². The fourth-order valence-corrected chi connectivity index (χ4v) is 4.34. The SMILES string of the molecule is O=C(C(=O)C(F)(F)F)C(F)(F)F.O=C(O)CC(NC(=O)CNC(=O)c1cncc(NC2=NCCN2)c1)c1cc(Cl)cc(I)c1O. The van der Waals surface area contributed by atoms with E-state index in [1.165, 1.54) is 24.5 Å². The molecule has 1 atom stereocenters. The van der Waals surface area contributed by atoms with Gasteiger partial charge >= 0.3 is 29.9 Å². The van der Waals surface area contributed by atoms with E-state index in [1.807, 2.05) is 22.6 Å². The third-order valence-electron chi connectivity index (χ3n) is 5.22. The van der Waals surface area contributed by atoms with Crippen molar-refractivity contribution in [2.75, 3.05) is 25.0 Å². The number of nitrogens with zero attached hydrogens (tertiary/aromatic N) is 2. The number of halogens is 8. The largest absolute Gasteiger partial charge is 0.506 e. The van der Waals surface area contributed by atoms with Crippen LogP contribution in [0.4, 0.5) is 32.0 Å². The molecule has 1 aromatic heterocycles. The number of hydrogen-bond donors (Lipinski definition) is 6. The van der Waals surface area contributed by atoms with Crippen LogP contribution in [0.25, 0.3) is 0 Å². The Labute approximate surface area is 267 Å². The minimum absolute atomic E-state index is 0.167. The number of aliphatic imine (C=N–C) groups is 1. The summed E-state index contributed by atoms with van der Waals surface area (Å²) >= 11 is 7.87. The molecule has 0 fully saturated rings. The second-order valence-corrected chi connectivity index (χ2v) is 10.2. The van der Waals surface area contributed by atoms with Gasteiger partial charge in [-0.1, -0.05) is 11.6 Å². The molecule has 0 bridgehead atoms. The number of phenols is 1. The summed E-state index contributed by atoms with van der Waals surface area (Å²) in [6.07, 6.45) is -9.15. The van der Waals surface area contributed by atoms with Gasteiger partial charge in [-0.25, -0.2) is 0 Å². The number of phenolic OH excluding ortho intramolecular Hbond substituents is 1. The number of carbonyl (C=O) groups is 5. The molecule has 0 saturated heterocycles. The number of Topliss-reactive ketones (excluding diaryl/α,β-unsaturated/α-hetero) is 2. The van der Waals surface area contributed by atoms with E-state index < -0.39 is 60.7 Å². The number of carbonyl (C=O) groups excluding carboxylic acids is 4. The number of ketones is 2. The third kappa shape index (κ3) is 11.7. The molecule has 6 N–H and O–H groups in total. The Hall–Kier alpha value is -4.21. The number of amides is 2. The quantitative estimate of drug-likeness (QED) is 0.125. The lowest BCUT2D eigenvalue weighted by Crippen LogP contribution is -2.39. The summed E-state index contributed by atoms with van der Waals surface area (Å²) in [6, 6.07) is 3.40. The Kier molecular flexibility index (Phi) is 12.9. The molecular weight excluding hydrogens is 761 g/mol. The summed E-state index contributed by atoms with van der Waals surface area (Å²) in [7, 11) is 0. The lowest BCUT2D eigenvalue weighted by molar-refractivity contribution is -0.193. The van der Waals surface area contributed by atoms with Crippen LogP contribution < -0.4 is 21.3 Å². The van der Waals surface area contributed by atoms with Crippen molar-refractivity contribution >= 4 is 75.2 Å². The van der Waals surface area contributed by atoms with Gasteiger partial charge < -0.3 is 31.5 Å². The van der Waals surface area contributed by atoms with Gasteiger partial charge in [-0.15, -0.1) is 0 Å². The maximum absolute atomic E-state index is 12.5. The van der Waals surface area contributed by atoms with Crippen LogP contribution in [0.15, 0.2) is 35.6 Å². The van der Waals surface area contributed by atoms with Crippen molar-refractivity contribution in [3.05, 3.63) is 50.3 Å². The molecule has 0 radical (unpaired) electrons. The Morgan fingerprint density at radius 1 is 1.02 bits per heavy atom. The lowest BCUT2D eigenvalue weighted by atomic mass is 10.0. The molecule has 13 nitrogen and oxygen atoms in total. The molecular formula is C24H20ClF6IN6O7. The van der Waals surface area contributed by atoms with Gasteiger partial charge in [0.1, 0.15) is 5.75 Å². The smallest absolute Gasteiger partial charge is 0.458 e. The molecule has 1 aliphatic rings. The molecule has 0 saturated carbocycles. The number of carboxylic acid groups (broad SMARTS) is 1. The summed E-state index contributed by atoms with van der Waals surface area (Å²) < 4.78 is 67.4. The first kappa shape index (κ1) is 37.0. The predicted molar refractivity (Wildman–Crippen MR) is 152 cm³/mol. The van der Waals surface area contributed by atoms with Crippen molar-refractivity contribution in [1.29, 1.82) is 0 Å². The van der Waals surface area contributed by atoms with E-state index in [2.05, 4.69) is 31.2 Å². The predicted octanol–water partition coefficient (Wildman–Crippen LogP) is 2.73. The standard InChI is InChI=1S/C20H20ClIN6O5.C4F6O2/c21-11-4-13(18(32)14(22)5-11)15(6-17(30)31)28-16(29)9-26-19(33)10-3-12(8-23-7-10)27-20-24-1-2-25-20;5-3(6,7)1(11)2(12)4(8,9)10/h3-5,7-8,15,32H,1-2,6,9H2,(H,26,33)(H,28,29)(H,30,31)(H2,24,25,27);. The number of aliphatic carboxylic acids is 1. The molecule has 2 aromatic rings. The van der Waals surface area contributed by atoms with Crippen LogP contribution in [-0.4, -0.2) is 82.5 Å². The van der Waals surface area contributed by atoms with Crippen molar-refractivity contribution in [1.82, 2.24) is 20.9 Å². The molecule has 1 unspecified atom stereocenters. The van der Waals surface area contributed by atoms with E-state index in [0.29, 0.717) is 21.8 Å². The highest BCUT2D eigenvalue weighted by atomic mass is 127. The number of guanidine groups is 1. The zero-order chi connectivity index (χ0) is 34.1. The molecule has 244 valence electrons. The number of hydrogen-bond acceptors (Lipinski definition) is 10. The van der Waals surface area contributed by atoms with Gasteiger partial charge in [0.15, 0.2) is 5.96 Å². The maximum atomic E-state index is 12.5. The molecule has 2 amide bonds. The first-order chi connectivity index (χ1) is 20.8. The van der Waals surface area contributed by atoms with Crippen LogP contribution in [0, 0.1) is 3.57 Å². The van der Waals surface area contributed by atoms with Crippen molar-refractivity contribution < 1.29 is 60.5 Å². The van der Waals surface area contributed by atoms with E-state index in [9.17, 15) is 60.5 Å². The second kappa shape index (κ2) is 15.7. The highest BCUT2D eigenvalue weighted by Crippen LogP contribution is 2.34. The van der Waals surface area contributed by atoms with Crippen LogP contribution in [0.3, 0.4) is 0 Å². The third-order valence-corrected chi connectivity index (χ3v) is 6.26. The Bertz CT molecular complexity index is 1480. The average Bonchev–Trinajstić information content (AvgIpc) is 3.44. The number of alkyl halides is 6. The number of benzene rings is 1. The van der Waals surface area contributed by atoms with Crippen LogP contribution in [0.2, 0.25) is 5.02 Å². The van der Waals surface area contributed by atoms with E-state index in [-0.39, 0.29) is 21.9 Å². The number of anilines is 1. The molecule has 3 rings (SSSR count). The number of pyridine rings is 1. The van der Waals surface area contributed by atoms with Crippen molar-refractivity contribution in [3.8, 4) is 5.75 Å².